The second-order valence-electron chi connectivity index (χ2n) is 5.93. The molecule has 8 nitrogen and oxygen atoms in total. The summed E-state index contributed by atoms with van der Waals surface area (Å²) in [5.41, 5.74) is 0. The molecule has 27 heavy (non-hydrogen) atoms. The Balaban J connectivity index is 1.52. The Kier molecular flexibility index (Phi) is 5.85. The third-order valence-corrected chi connectivity index (χ3v) is 4.37. The zero-order valence-corrected chi connectivity index (χ0v) is 15.3. The van der Waals surface area contributed by atoms with Gasteiger partial charge in [-0.05, 0) is 24.3 Å². The quantitative estimate of drug-likeness (QED) is 0.765. The van der Waals surface area contributed by atoms with E-state index in [2.05, 4.69) is 0 Å². The maximum Gasteiger partial charge on any atom is 0.289 e. The predicted octanol–water partition coefficient (Wildman–Crippen LogP) is 1.66. The second kappa shape index (κ2) is 8.48. The van der Waals surface area contributed by atoms with Crippen LogP contribution < -0.4 is 14.2 Å². The highest BCUT2D eigenvalue weighted by Crippen LogP contribution is 2.36. The summed E-state index contributed by atoms with van der Waals surface area (Å²) in [6.07, 6.45) is 1.47. The summed E-state index contributed by atoms with van der Waals surface area (Å²) in [4.78, 5) is 28.0. The van der Waals surface area contributed by atoms with Crippen LogP contribution in [0, 0.1) is 0 Å². The van der Waals surface area contributed by atoms with Gasteiger partial charge < -0.3 is 28.4 Å². The Morgan fingerprint density at radius 3 is 2.30 bits per heavy atom. The Labute approximate surface area is 157 Å². The molecule has 1 aliphatic rings. The summed E-state index contributed by atoms with van der Waals surface area (Å²) in [5.74, 6) is 1.42. The first-order valence-corrected chi connectivity index (χ1v) is 8.58. The zero-order valence-electron chi connectivity index (χ0n) is 15.3. The smallest absolute Gasteiger partial charge is 0.289 e. The number of hydrogen-bond donors (Lipinski definition) is 0. The fraction of sp³-hybridized carbons (Fsp3) is 0.368. The zero-order chi connectivity index (χ0) is 19.2. The van der Waals surface area contributed by atoms with Gasteiger partial charge in [-0.25, -0.2) is 0 Å². The highest BCUT2D eigenvalue weighted by atomic mass is 16.5. The normalized spacial score (nSPS) is 14.0. The highest BCUT2D eigenvalue weighted by molar-refractivity contribution is 5.91. The summed E-state index contributed by atoms with van der Waals surface area (Å²) in [6.45, 7) is 1.69. The lowest BCUT2D eigenvalue weighted by molar-refractivity contribution is -0.134. The SMILES string of the molecule is COc1cccc(OCC(=O)N2CCN(C(=O)c3ccco3)CC2)c1OC. The molecule has 2 amide bonds. The molecule has 3 rings (SSSR count). The highest BCUT2D eigenvalue weighted by Gasteiger charge is 2.26. The summed E-state index contributed by atoms with van der Waals surface area (Å²) < 4.78 is 21.3. The summed E-state index contributed by atoms with van der Waals surface area (Å²) in [7, 11) is 3.05. The molecular weight excluding hydrogens is 352 g/mol. The van der Waals surface area contributed by atoms with Crippen molar-refractivity contribution in [2.75, 3.05) is 47.0 Å². The van der Waals surface area contributed by atoms with Crippen molar-refractivity contribution in [3.8, 4) is 17.2 Å². The van der Waals surface area contributed by atoms with E-state index in [9.17, 15) is 9.59 Å². The Bertz CT molecular complexity index is 782. The van der Waals surface area contributed by atoms with Gasteiger partial charge in [0.25, 0.3) is 11.8 Å². The first-order chi connectivity index (χ1) is 13.1. The minimum absolute atomic E-state index is 0.115. The van der Waals surface area contributed by atoms with Gasteiger partial charge in [0.15, 0.2) is 23.9 Å². The van der Waals surface area contributed by atoms with Crippen molar-refractivity contribution < 1.29 is 28.2 Å². The van der Waals surface area contributed by atoms with Gasteiger partial charge >= 0.3 is 0 Å². The van der Waals surface area contributed by atoms with Crippen LogP contribution in [0.5, 0.6) is 17.2 Å². The molecule has 0 saturated carbocycles. The topological polar surface area (TPSA) is 81.5 Å². The number of ether oxygens (including phenoxy) is 3. The number of rotatable bonds is 6. The Morgan fingerprint density at radius 2 is 1.67 bits per heavy atom. The summed E-state index contributed by atoms with van der Waals surface area (Å²) in [6, 6.07) is 8.55. The molecule has 1 aromatic heterocycles. The molecule has 2 heterocycles. The molecule has 0 atom stereocenters. The molecule has 0 unspecified atom stereocenters. The number of benzene rings is 1. The largest absolute Gasteiger partial charge is 0.493 e. The monoisotopic (exact) mass is 374 g/mol. The lowest BCUT2D eigenvalue weighted by Gasteiger charge is -2.34. The molecule has 0 bridgehead atoms. The lowest BCUT2D eigenvalue weighted by Crippen LogP contribution is -2.51. The number of amides is 2. The molecule has 0 radical (unpaired) electrons. The van der Waals surface area contributed by atoms with Crippen LogP contribution in [0.2, 0.25) is 0 Å². The molecule has 1 fully saturated rings. The molecule has 0 N–H and O–H groups in total. The van der Waals surface area contributed by atoms with E-state index in [1.54, 1.807) is 40.1 Å². The molecule has 144 valence electrons. The number of hydrogen-bond acceptors (Lipinski definition) is 6. The van der Waals surface area contributed by atoms with E-state index in [1.165, 1.54) is 20.5 Å². The summed E-state index contributed by atoms with van der Waals surface area (Å²) in [5, 5.41) is 0. The van der Waals surface area contributed by atoms with Crippen molar-refractivity contribution in [1.29, 1.82) is 0 Å². The minimum atomic E-state index is -0.163. The second-order valence-corrected chi connectivity index (χ2v) is 5.93. The van der Waals surface area contributed by atoms with Gasteiger partial charge in [-0.3, -0.25) is 9.59 Å². The van der Waals surface area contributed by atoms with E-state index in [-0.39, 0.29) is 18.4 Å². The molecule has 1 aromatic carbocycles. The van der Waals surface area contributed by atoms with Crippen LogP contribution in [-0.4, -0.2) is 68.6 Å². The number of para-hydroxylation sites is 1. The predicted molar refractivity (Wildman–Crippen MR) is 96.2 cm³/mol. The van der Waals surface area contributed by atoms with Crippen molar-refractivity contribution in [2.24, 2.45) is 0 Å². The van der Waals surface area contributed by atoms with E-state index in [1.807, 2.05) is 0 Å². The maximum absolute atomic E-state index is 12.4. The van der Waals surface area contributed by atoms with Gasteiger partial charge in [0, 0.05) is 26.2 Å². The molecule has 1 saturated heterocycles. The van der Waals surface area contributed by atoms with Crippen LogP contribution in [0.4, 0.5) is 0 Å². The van der Waals surface area contributed by atoms with Crippen molar-refractivity contribution in [3.63, 3.8) is 0 Å². The van der Waals surface area contributed by atoms with Gasteiger partial charge in [0.1, 0.15) is 0 Å². The van der Waals surface area contributed by atoms with E-state index in [4.69, 9.17) is 18.6 Å². The first kappa shape index (κ1) is 18.6. The molecule has 0 aliphatic carbocycles. The fourth-order valence-electron chi connectivity index (χ4n) is 2.92. The summed E-state index contributed by atoms with van der Waals surface area (Å²) >= 11 is 0. The van der Waals surface area contributed by atoms with Crippen LogP contribution in [0.1, 0.15) is 10.6 Å². The van der Waals surface area contributed by atoms with E-state index >= 15 is 0 Å². The van der Waals surface area contributed by atoms with Crippen LogP contribution in [-0.2, 0) is 4.79 Å². The molecule has 0 spiro atoms. The van der Waals surface area contributed by atoms with Gasteiger partial charge in [-0.2, -0.15) is 0 Å². The fourth-order valence-corrected chi connectivity index (χ4v) is 2.92. The van der Waals surface area contributed by atoms with Crippen molar-refractivity contribution in [3.05, 3.63) is 42.4 Å². The number of carbonyl (C=O) groups is 2. The van der Waals surface area contributed by atoms with Crippen LogP contribution in [0.25, 0.3) is 0 Å². The number of nitrogens with zero attached hydrogens (tertiary/aromatic N) is 2. The van der Waals surface area contributed by atoms with Crippen LogP contribution >= 0.6 is 0 Å². The van der Waals surface area contributed by atoms with Gasteiger partial charge in [-0.15, -0.1) is 0 Å². The van der Waals surface area contributed by atoms with E-state index in [0.717, 1.165) is 0 Å². The average molecular weight is 374 g/mol. The molecule has 2 aromatic rings. The maximum atomic E-state index is 12.4. The standard InChI is InChI=1S/C19H22N2O6/c1-24-14-5-3-6-15(18(14)25-2)27-13-17(22)20-8-10-21(11-9-20)19(23)16-7-4-12-26-16/h3-7,12H,8-11,13H2,1-2H3. The first-order valence-electron chi connectivity index (χ1n) is 8.58. The van der Waals surface area contributed by atoms with Crippen molar-refractivity contribution in [1.82, 2.24) is 9.80 Å². The number of piperazine rings is 1. The van der Waals surface area contributed by atoms with Gasteiger partial charge in [-0.1, -0.05) is 6.07 Å². The van der Waals surface area contributed by atoms with Gasteiger partial charge in [0.05, 0.1) is 20.5 Å². The van der Waals surface area contributed by atoms with Crippen LogP contribution in [0.15, 0.2) is 41.0 Å². The Morgan fingerprint density at radius 1 is 0.963 bits per heavy atom. The number of carbonyl (C=O) groups excluding carboxylic acids is 2. The number of methoxy groups -OCH3 is 2. The van der Waals surface area contributed by atoms with E-state index in [0.29, 0.717) is 49.2 Å². The lowest BCUT2D eigenvalue weighted by atomic mass is 10.2. The average Bonchev–Trinajstić information content (AvgIpc) is 3.26. The number of furan rings is 1. The van der Waals surface area contributed by atoms with Gasteiger partial charge in [0.2, 0.25) is 5.75 Å². The van der Waals surface area contributed by atoms with Crippen molar-refractivity contribution in [2.45, 2.75) is 0 Å². The van der Waals surface area contributed by atoms with Crippen LogP contribution in [0.3, 0.4) is 0 Å². The molecular formula is C19H22N2O6. The minimum Gasteiger partial charge on any atom is -0.493 e. The van der Waals surface area contributed by atoms with E-state index < -0.39 is 0 Å². The Hall–Kier alpha value is -3.16. The third kappa shape index (κ3) is 4.16. The third-order valence-electron chi connectivity index (χ3n) is 4.37. The van der Waals surface area contributed by atoms with Crippen molar-refractivity contribution >= 4 is 11.8 Å². The molecule has 8 heteroatoms. The molecule has 1 aliphatic heterocycles.